The van der Waals surface area contributed by atoms with Crippen LogP contribution in [0.5, 0.6) is 0 Å². The first-order valence-corrected chi connectivity index (χ1v) is 5.20. The number of aryl methyl sites for hydroxylation is 1. The van der Waals surface area contributed by atoms with Crippen LogP contribution in [0, 0.1) is 18.3 Å². The summed E-state index contributed by atoms with van der Waals surface area (Å²) in [5, 5.41) is 17.6. The lowest BCUT2D eigenvalue weighted by molar-refractivity contribution is -0.132. The van der Waals surface area contributed by atoms with E-state index in [2.05, 4.69) is 0 Å². The zero-order chi connectivity index (χ0) is 12.8. The van der Waals surface area contributed by atoms with Gasteiger partial charge in [-0.25, -0.2) is 4.79 Å². The molecule has 0 bridgehead atoms. The number of nitrogens with zero attached hydrogens (tertiary/aromatic N) is 1. The number of benzene rings is 1. The topological polar surface area (TPSA) is 61.1 Å². The second-order valence-corrected chi connectivity index (χ2v) is 3.79. The van der Waals surface area contributed by atoms with Crippen LogP contribution in [0.1, 0.15) is 11.1 Å². The Morgan fingerprint density at radius 3 is 2.41 bits per heavy atom. The maximum atomic E-state index is 10.6. The summed E-state index contributed by atoms with van der Waals surface area (Å²) in [4.78, 5) is 10.6. The third-order valence-corrected chi connectivity index (χ3v) is 2.42. The molecule has 0 aromatic heterocycles. The van der Waals surface area contributed by atoms with Gasteiger partial charge in [-0.15, -0.1) is 0 Å². The van der Waals surface area contributed by atoms with Crippen LogP contribution in [0.3, 0.4) is 0 Å². The van der Waals surface area contributed by atoms with Crippen LogP contribution in [-0.4, -0.2) is 11.1 Å². The first kappa shape index (κ1) is 13.0. The molecule has 3 nitrogen and oxygen atoms in total. The molecule has 17 heavy (non-hydrogen) atoms. The molecule has 1 aromatic carbocycles. The number of aliphatic carboxylic acids is 1. The highest BCUT2D eigenvalue weighted by Gasteiger charge is 2.04. The maximum absolute atomic E-state index is 10.6. The van der Waals surface area contributed by atoms with Gasteiger partial charge < -0.3 is 5.11 Å². The van der Waals surface area contributed by atoms with Crippen LogP contribution < -0.4 is 0 Å². The lowest BCUT2D eigenvalue weighted by Gasteiger charge is -1.98. The number of hydrogen-bond donors (Lipinski definition) is 1. The normalized spacial score (nSPS) is 12.1. The second kappa shape index (κ2) is 5.88. The summed E-state index contributed by atoms with van der Waals surface area (Å²) in [6.45, 7) is 1.96. The van der Waals surface area contributed by atoms with Crippen molar-refractivity contribution in [2.75, 3.05) is 0 Å². The van der Waals surface area contributed by atoms with Gasteiger partial charge in [-0.1, -0.05) is 41.4 Å². The monoisotopic (exact) mass is 247 g/mol. The van der Waals surface area contributed by atoms with Gasteiger partial charge in [-0.3, -0.25) is 0 Å². The largest absolute Gasteiger partial charge is 0.477 e. The lowest BCUT2D eigenvalue weighted by Crippen LogP contribution is -1.96. The van der Waals surface area contributed by atoms with E-state index in [1.165, 1.54) is 12.2 Å². The lowest BCUT2D eigenvalue weighted by atomic mass is 10.1. The van der Waals surface area contributed by atoms with Crippen molar-refractivity contribution in [3.05, 3.63) is 53.1 Å². The van der Waals surface area contributed by atoms with Gasteiger partial charge in [0.1, 0.15) is 11.6 Å². The van der Waals surface area contributed by atoms with Crippen molar-refractivity contribution in [2.45, 2.75) is 6.92 Å². The molecule has 0 fully saturated rings. The molecule has 0 amide bonds. The van der Waals surface area contributed by atoms with E-state index in [1.54, 1.807) is 6.07 Å². The average Bonchev–Trinajstić information content (AvgIpc) is 2.30. The SMILES string of the molecule is Cc1ccc(/C(Cl)=C/C=C(\C#N)C(=O)O)cc1. The van der Waals surface area contributed by atoms with Crippen LogP contribution in [0.15, 0.2) is 42.0 Å². The number of halogens is 1. The molecule has 0 radical (unpaired) electrons. The standard InChI is InChI=1S/C13H10ClNO2/c1-9-2-4-10(5-3-9)12(14)7-6-11(8-15)13(16)17/h2-7H,1H3,(H,16,17)/b11-6+,12-7-. The summed E-state index contributed by atoms with van der Waals surface area (Å²) in [6.07, 6.45) is 2.59. The molecular weight excluding hydrogens is 238 g/mol. The first-order chi connectivity index (χ1) is 8.04. The number of nitriles is 1. The van der Waals surface area contributed by atoms with E-state index in [0.29, 0.717) is 5.03 Å². The van der Waals surface area contributed by atoms with E-state index in [-0.39, 0.29) is 5.57 Å². The van der Waals surface area contributed by atoms with Crippen molar-refractivity contribution in [1.29, 1.82) is 5.26 Å². The Balaban J connectivity index is 2.98. The number of allylic oxidation sites excluding steroid dienone is 2. The molecule has 0 aliphatic carbocycles. The number of carboxylic acid groups (broad SMARTS) is 1. The highest BCUT2D eigenvalue weighted by Crippen LogP contribution is 2.19. The van der Waals surface area contributed by atoms with Gasteiger partial charge in [-0.05, 0) is 24.6 Å². The van der Waals surface area contributed by atoms with Crippen LogP contribution in [-0.2, 0) is 4.79 Å². The quantitative estimate of drug-likeness (QED) is 0.507. The minimum atomic E-state index is -1.27. The fourth-order valence-electron chi connectivity index (χ4n) is 1.12. The predicted octanol–water partition coefficient (Wildman–Crippen LogP) is 3.11. The molecular formula is C13H10ClNO2. The molecule has 1 aromatic rings. The highest BCUT2D eigenvalue weighted by atomic mass is 35.5. The third-order valence-electron chi connectivity index (χ3n) is 2.07. The molecule has 0 saturated heterocycles. The van der Waals surface area contributed by atoms with Gasteiger partial charge >= 0.3 is 5.97 Å². The molecule has 86 valence electrons. The molecule has 0 atom stereocenters. The summed E-state index contributed by atoms with van der Waals surface area (Å²) < 4.78 is 0. The summed E-state index contributed by atoms with van der Waals surface area (Å²) in [7, 11) is 0. The van der Waals surface area contributed by atoms with Gasteiger partial charge in [0.25, 0.3) is 0 Å². The van der Waals surface area contributed by atoms with Gasteiger partial charge in [0.2, 0.25) is 0 Å². The predicted molar refractivity (Wildman–Crippen MR) is 66.3 cm³/mol. The van der Waals surface area contributed by atoms with Gasteiger partial charge in [0, 0.05) is 5.03 Å². The Kier molecular flexibility index (Phi) is 4.50. The zero-order valence-electron chi connectivity index (χ0n) is 9.14. The summed E-state index contributed by atoms with van der Waals surface area (Å²) in [5.41, 5.74) is 1.53. The van der Waals surface area contributed by atoms with Gasteiger partial charge in [-0.2, -0.15) is 5.26 Å². The number of carboxylic acids is 1. The summed E-state index contributed by atoms with van der Waals surface area (Å²) in [6, 6.07) is 9.03. The van der Waals surface area contributed by atoms with Crippen molar-refractivity contribution in [3.63, 3.8) is 0 Å². The van der Waals surface area contributed by atoms with Crippen molar-refractivity contribution in [1.82, 2.24) is 0 Å². The van der Waals surface area contributed by atoms with Gasteiger partial charge in [0.15, 0.2) is 0 Å². The van der Waals surface area contributed by atoms with Crippen molar-refractivity contribution in [2.24, 2.45) is 0 Å². The Morgan fingerprint density at radius 2 is 1.94 bits per heavy atom. The Labute approximate surface area is 104 Å². The van der Waals surface area contributed by atoms with Crippen molar-refractivity contribution in [3.8, 4) is 6.07 Å². The molecule has 0 saturated carbocycles. The maximum Gasteiger partial charge on any atom is 0.346 e. The highest BCUT2D eigenvalue weighted by molar-refractivity contribution is 6.48. The Hall–Kier alpha value is -2.05. The smallest absolute Gasteiger partial charge is 0.346 e. The molecule has 1 rings (SSSR count). The molecule has 0 heterocycles. The van der Waals surface area contributed by atoms with Crippen molar-refractivity contribution >= 4 is 22.6 Å². The van der Waals surface area contributed by atoms with E-state index in [9.17, 15) is 4.79 Å². The average molecular weight is 248 g/mol. The molecule has 0 unspecified atom stereocenters. The first-order valence-electron chi connectivity index (χ1n) is 4.82. The van der Waals surface area contributed by atoms with E-state index in [1.807, 2.05) is 31.2 Å². The fraction of sp³-hybridized carbons (Fsp3) is 0.0769. The summed E-state index contributed by atoms with van der Waals surface area (Å²) >= 11 is 5.98. The zero-order valence-corrected chi connectivity index (χ0v) is 9.90. The van der Waals surface area contributed by atoms with Gasteiger partial charge in [0.05, 0.1) is 0 Å². The number of rotatable bonds is 3. The molecule has 1 N–H and O–H groups in total. The molecule has 4 heteroatoms. The molecule has 0 aliphatic heterocycles. The minimum Gasteiger partial charge on any atom is -0.477 e. The van der Waals surface area contributed by atoms with Crippen LogP contribution in [0.4, 0.5) is 0 Å². The summed E-state index contributed by atoms with van der Waals surface area (Å²) in [5.74, 6) is -1.27. The van der Waals surface area contributed by atoms with Crippen LogP contribution >= 0.6 is 11.6 Å². The van der Waals surface area contributed by atoms with E-state index in [0.717, 1.165) is 11.1 Å². The Morgan fingerprint density at radius 1 is 1.35 bits per heavy atom. The van der Waals surface area contributed by atoms with Crippen molar-refractivity contribution < 1.29 is 9.90 Å². The number of carbonyl (C=O) groups is 1. The fourth-order valence-corrected chi connectivity index (χ4v) is 1.31. The van der Waals surface area contributed by atoms with Crippen LogP contribution in [0.25, 0.3) is 5.03 Å². The number of hydrogen-bond acceptors (Lipinski definition) is 2. The third kappa shape index (κ3) is 3.78. The van der Waals surface area contributed by atoms with E-state index < -0.39 is 5.97 Å². The second-order valence-electron chi connectivity index (χ2n) is 3.38. The van der Waals surface area contributed by atoms with Crippen LogP contribution in [0.2, 0.25) is 0 Å². The van der Waals surface area contributed by atoms with E-state index in [4.69, 9.17) is 22.0 Å². The minimum absolute atomic E-state index is 0.352. The Bertz CT molecular complexity index is 521. The van der Waals surface area contributed by atoms with E-state index >= 15 is 0 Å². The molecule has 0 aliphatic rings. The molecule has 0 spiro atoms.